The van der Waals surface area contributed by atoms with Crippen LogP contribution in [0.4, 0.5) is 0 Å². The summed E-state index contributed by atoms with van der Waals surface area (Å²) in [6.45, 7) is 0. The summed E-state index contributed by atoms with van der Waals surface area (Å²) in [7, 11) is 0. The van der Waals surface area contributed by atoms with Gasteiger partial charge in [-0.25, -0.2) is 0 Å². The van der Waals surface area contributed by atoms with Crippen LogP contribution in [0, 0.1) is 0 Å². The van der Waals surface area contributed by atoms with E-state index in [-0.39, 0.29) is 37.7 Å². The smallest absolute Gasteiger partial charge is 0.0902 e. The van der Waals surface area contributed by atoms with Crippen molar-refractivity contribution >= 4 is 37.7 Å². The molecule has 0 spiro atoms. The van der Waals surface area contributed by atoms with Crippen molar-refractivity contribution in [3.8, 4) is 0 Å². The van der Waals surface area contributed by atoms with Crippen molar-refractivity contribution in [2.75, 3.05) is 0 Å². The molecule has 0 radical (unpaired) electrons. The van der Waals surface area contributed by atoms with E-state index in [1.807, 2.05) is 12.1 Å². The summed E-state index contributed by atoms with van der Waals surface area (Å²) in [4.78, 5) is 0. The largest absolute Gasteiger partial charge is 0.473 e. The van der Waals surface area contributed by atoms with Crippen LogP contribution in [0.15, 0.2) is 29.1 Å². The minimum atomic E-state index is 0. The Morgan fingerprint density at radius 3 is 1.43 bits per heavy atom. The van der Waals surface area contributed by atoms with Crippen molar-refractivity contribution in [2.45, 2.75) is 0 Å². The third kappa shape index (κ3) is 4.33. The normalized spacial score (nSPS) is 5.71. The Morgan fingerprint density at radius 2 is 1.29 bits per heavy atom. The van der Waals surface area contributed by atoms with E-state index >= 15 is 0 Å². The quantitative estimate of drug-likeness (QED) is 0.402. The van der Waals surface area contributed by atoms with Gasteiger partial charge in [0.25, 0.3) is 0 Å². The monoisotopic (exact) mass is 84.1 g/mol. The van der Waals surface area contributed by atoms with E-state index < -0.39 is 0 Å². The average Bonchev–Trinajstić information content (AvgIpc) is 1.76. The zero-order valence-electron chi connectivity index (χ0n) is 2.72. The van der Waals surface area contributed by atoms with Gasteiger partial charge in [-0.05, 0) is 12.1 Å². The van der Waals surface area contributed by atoms with Gasteiger partial charge >= 0.3 is 37.7 Å². The first kappa shape index (κ1) is 10.5. The molecule has 0 aliphatic heterocycles. The van der Waals surface area contributed by atoms with Gasteiger partial charge in [0.15, 0.2) is 0 Å². The third-order valence-corrected chi connectivity index (χ3v) is 0.425. The van der Waals surface area contributed by atoms with Crippen molar-refractivity contribution in [1.82, 2.24) is 0 Å². The first-order valence-corrected chi connectivity index (χ1v) is 1.47. The van der Waals surface area contributed by atoms with Crippen LogP contribution in [0.3, 0.4) is 0 Å². The molecule has 0 bridgehead atoms. The van der Waals surface area contributed by atoms with Gasteiger partial charge in [0, 0.05) is 0 Å². The fraction of sp³-hybridized carbons (Fsp3) is 0. The van der Waals surface area contributed by atoms with E-state index in [9.17, 15) is 0 Å². The molecule has 3 heteroatoms. The summed E-state index contributed by atoms with van der Waals surface area (Å²) in [5.74, 6) is 0. The number of hydrogen-bond acceptors (Lipinski definition) is 1. The van der Waals surface area contributed by atoms with Gasteiger partial charge in [0.1, 0.15) is 0 Å². The molecule has 1 nitrogen and oxygen atoms in total. The topological polar surface area (TPSA) is 13.1 Å². The van der Waals surface area contributed by atoms with Crippen molar-refractivity contribution in [1.29, 1.82) is 0 Å². The second-order valence-corrected chi connectivity index (χ2v) is 0.793. The van der Waals surface area contributed by atoms with E-state index in [1.165, 1.54) is 0 Å². The van der Waals surface area contributed by atoms with Gasteiger partial charge in [0.2, 0.25) is 0 Å². The van der Waals surface area contributed by atoms with Gasteiger partial charge in [-0.15, -0.1) is 0 Å². The fourth-order valence-corrected chi connectivity index (χ4v) is 0.227. The molecule has 0 aliphatic carbocycles. The molecular formula is C4H6Li2O. The molecule has 1 rings (SSSR count). The Balaban J connectivity index is 0. The maximum absolute atomic E-state index is 4.58. The predicted molar refractivity (Wildman–Crippen MR) is 33.0 cm³/mol. The summed E-state index contributed by atoms with van der Waals surface area (Å²) in [5.41, 5.74) is 0. The van der Waals surface area contributed by atoms with Crippen molar-refractivity contribution < 1.29 is 4.42 Å². The molecule has 0 amide bonds. The molecule has 30 valence electrons. The van der Waals surface area contributed by atoms with Crippen LogP contribution in [0.1, 0.15) is 0 Å². The van der Waals surface area contributed by atoms with E-state index in [4.69, 9.17) is 0 Å². The van der Waals surface area contributed by atoms with Crippen LogP contribution in [0.5, 0.6) is 0 Å². The molecule has 1 aromatic heterocycles. The second kappa shape index (κ2) is 6.47. The van der Waals surface area contributed by atoms with E-state index in [1.54, 1.807) is 12.5 Å². The molecule has 0 saturated carbocycles. The zero-order chi connectivity index (χ0) is 3.54. The average molecular weight is 84.0 g/mol. The summed E-state index contributed by atoms with van der Waals surface area (Å²) in [6.07, 6.45) is 3.25. The third-order valence-electron chi connectivity index (χ3n) is 0.425. The first-order valence-electron chi connectivity index (χ1n) is 1.47. The Kier molecular flexibility index (Phi) is 9.67. The van der Waals surface area contributed by atoms with Crippen molar-refractivity contribution in [2.24, 2.45) is 0 Å². The molecule has 1 heterocycles. The van der Waals surface area contributed by atoms with E-state index in [0.29, 0.717) is 0 Å². The molecule has 0 saturated heterocycles. The van der Waals surface area contributed by atoms with Crippen molar-refractivity contribution in [3.05, 3.63) is 24.7 Å². The summed E-state index contributed by atoms with van der Waals surface area (Å²) >= 11 is 0. The Bertz CT molecular complexity index is 66.2. The van der Waals surface area contributed by atoms with Crippen LogP contribution in [-0.2, 0) is 0 Å². The van der Waals surface area contributed by atoms with Gasteiger partial charge in [-0.2, -0.15) is 0 Å². The summed E-state index contributed by atoms with van der Waals surface area (Å²) < 4.78 is 4.58. The maximum atomic E-state index is 4.58. The molecule has 0 aliphatic rings. The van der Waals surface area contributed by atoms with E-state index in [0.717, 1.165) is 0 Å². The van der Waals surface area contributed by atoms with Crippen LogP contribution in [-0.4, -0.2) is 37.7 Å². The molecule has 0 aromatic carbocycles. The van der Waals surface area contributed by atoms with Crippen molar-refractivity contribution in [3.63, 3.8) is 0 Å². The van der Waals surface area contributed by atoms with Gasteiger partial charge < -0.3 is 4.42 Å². The molecule has 7 heavy (non-hydrogen) atoms. The van der Waals surface area contributed by atoms with Crippen LogP contribution in [0.2, 0.25) is 0 Å². The standard InChI is InChI=1S/C4H4O.2Li.2H/c1-2-4-5-3-1;;;;/h1-4H;;;;. The Labute approximate surface area is 66.8 Å². The van der Waals surface area contributed by atoms with Gasteiger partial charge in [-0.3, -0.25) is 0 Å². The molecule has 0 fully saturated rings. The SMILES string of the molecule is [LiH].[LiH].c1ccoc1. The minimum absolute atomic E-state index is 0. The minimum Gasteiger partial charge on any atom is -0.473 e. The Morgan fingerprint density at radius 1 is 0.857 bits per heavy atom. The van der Waals surface area contributed by atoms with E-state index in [2.05, 4.69) is 4.42 Å². The van der Waals surface area contributed by atoms with Gasteiger partial charge in [-0.1, -0.05) is 0 Å². The second-order valence-electron chi connectivity index (χ2n) is 0.793. The van der Waals surface area contributed by atoms with Gasteiger partial charge in [0.05, 0.1) is 12.5 Å². The number of hydrogen-bond donors (Lipinski definition) is 0. The summed E-state index contributed by atoms with van der Waals surface area (Å²) in [5, 5.41) is 0. The predicted octanol–water partition coefficient (Wildman–Crippen LogP) is -0.0174. The molecule has 0 N–H and O–H groups in total. The van der Waals surface area contributed by atoms with Crippen LogP contribution < -0.4 is 0 Å². The van der Waals surface area contributed by atoms with Crippen LogP contribution in [0.25, 0.3) is 0 Å². The molecule has 0 atom stereocenters. The number of furan rings is 1. The zero-order valence-corrected chi connectivity index (χ0v) is 2.72. The summed E-state index contributed by atoms with van der Waals surface area (Å²) in [6, 6.07) is 3.67. The Hall–Kier alpha value is 0.475. The molecule has 0 unspecified atom stereocenters. The molecule has 1 aromatic rings. The fourth-order valence-electron chi connectivity index (χ4n) is 0.227. The van der Waals surface area contributed by atoms with Crippen LogP contribution >= 0.6 is 0 Å². The maximum Gasteiger partial charge on any atom is 0.0902 e. The molecular weight excluding hydrogens is 77.9 g/mol. The first-order chi connectivity index (χ1) is 2.50. The number of rotatable bonds is 0.